The summed E-state index contributed by atoms with van der Waals surface area (Å²) in [5, 5.41) is 28.7. The summed E-state index contributed by atoms with van der Waals surface area (Å²) < 4.78 is 43.1. The molecule has 1 aliphatic heterocycles. The zero-order valence-corrected chi connectivity index (χ0v) is 13.3. The lowest BCUT2D eigenvalue weighted by molar-refractivity contribution is -0.184. The van der Waals surface area contributed by atoms with Crippen molar-refractivity contribution in [2.45, 2.75) is 37.3 Å². The van der Waals surface area contributed by atoms with E-state index in [1.807, 2.05) is 4.98 Å². The Morgan fingerprint density at radius 1 is 1.35 bits per heavy atom. The van der Waals surface area contributed by atoms with E-state index < -0.39 is 61.0 Å². The molecule has 0 aromatic carbocycles. The summed E-state index contributed by atoms with van der Waals surface area (Å²) >= 11 is 0. The quantitative estimate of drug-likeness (QED) is 0.456. The van der Waals surface area contributed by atoms with Gasteiger partial charge in [0.15, 0.2) is 6.23 Å². The van der Waals surface area contributed by atoms with Crippen LogP contribution in [0.1, 0.15) is 11.8 Å². The van der Waals surface area contributed by atoms with E-state index in [0.29, 0.717) is 4.57 Å². The van der Waals surface area contributed by atoms with E-state index >= 15 is 0 Å². The monoisotopic (exact) mass is 383 g/mol. The maximum atomic E-state index is 12.4. The first-order chi connectivity index (χ1) is 12.0. The Morgan fingerprint density at radius 2 is 1.96 bits per heavy atom. The van der Waals surface area contributed by atoms with Crippen LogP contribution in [0.4, 0.5) is 13.2 Å². The number of nitrogens with one attached hydrogen (secondary N) is 1. The van der Waals surface area contributed by atoms with Crippen molar-refractivity contribution in [2.75, 3.05) is 13.7 Å². The number of rotatable bonds is 4. The van der Waals surface area contributed by atoms with Crippen molar-refractivity contribution >= 4 is 5.91 Å². The van der Waals surface area contributed by atoms with Gasteiger partial charge in [-0.25, -0.2) is 4.79 Å². The predicted octanol–water partition coefficient (Wildman–Crippen LogP) is -2.33. The first kappa shape index (κ1) is 20.1. The smallest absolute Gasteiger partial charge is 0.394 e. The highest BCUT2D eigenvalue weighted by molar-refractivity contribution is 5.81. The second kappa shape index (κ2) is 7.19. The topological polar surface area (TPSA) is 145 Å². The SMILES string of the molecule is CN(Cc1cn([C@@H]2O[C@H](CO)C(O)C2O)c(=O)[nH]c1=O)C(=O)C(F)(F)F. The average molecular weight is 383 g/mol. The fourth-order valence-electron chi connectivity index (χ4n) is 2.48. The van der Waals surface area contributed by atoms with Crippen molar-refractivity contribution in [1.82, 2.24) is 14.5 Å². The number of halogens is 3. The Labute approximate surface area is 143 Å². The Kier molecular flexibility index (Phi) is 5.55. The van der Waals surface area contributed by atoms with Gasteiger partial charge in [0.25, 0.3) is 5.56 Å². The number of aromatic amines is 1. The number of aliphatic hydroxyl groups is 3. The number of aliphatic hydroxyl groups excluding tert-OH is 3. The van der Waals surface area contributed by atoms with Crippen LogP contribution in [0, 0.1) is 0 Å². The standard InChI is InChI=1S/C13H16F3N3O7/c1-18(11(24)13(14,15)16)2-5-3-19(12(25)17-9(5)23)10-8(22)7(21)6(4-20)26-10/h3,6-8,10,20-22H,2,4H2,1H3,(H,17,23,25)/t6-,7?,8?,10-/m1/s1. The first-order valence-corrected chi connectivity index (χ1v) is 7.26. The van der Waals surface area contributed by atoms with Crippen LogP contribution in [0.15, 0.2) is 15.8 Å². The fraction of sp³-hybridized carbons (Fsp3) is 0.615. The number of carbonyl (C=O) groups excluding carboxylic acids is 1. The Hall–Kier alpha value is -2.22. The molecule has 0 spiro atoms. The predicted molar refractivity (Wildman–Crippen MR) is 76.9 cm³/mol. The minimum absolute atomic E-state index is 0.233. The molecule has 0 bridgehead atoms. The van der Waals surface area contributed by atoms with Crippen molar-refractivity contribution in [3.8, 4) is 0 Å². The molecular formula is C13H16F3N3O7. The zero-order chi connectivity index (χ0) is 19.8. The molecule has 0 saturated carbocycles. The maximum absolute atomic E-state index is 12.4. The third-order valence-corrected chi connectivity index (χ3v) is 3.83. The van der Waals surface area contributed by atoms with E-state index in [-0.39, 0.29) is 10.5 Å². The number of H-pyrrole nitrogens is 1. The number of alkyl halides is 3. The van der Waals surface area contributed by atoms with Gasteiger partial charge in [0.1, 0.15) is 18.3 Å². The maximum Gasteiger partial charge on any atom is 0.471 e. The van der Waals surface area contributed by atoms with Crippen LogP contribution in [0.2, 0.25) is 0 Å². The Balaban J connectivity index is 2.34. The molecule has 1 fully saturated rings. The summed E-state index contributed by atoms with van der Waals surface area (Å²) in [5.41, 5.74) is -2.47. The number of hydrogen-bond donors (Lipinski definition) is 4. The van der Waals surface area contributed by atoms with E-state index in [0.717, 1.165) is 13.2 Å². The second-order valence-corrected chi connectivity index (χ2v) is 5.71. The van der Waals surface area contributed by atoms with Gasteiger partial charge in [-0.3, -0.25) is 19.1 Å². The van der Waals surface area contributed by atoms with Crippen molar-refractivity contribution in [1.29, 1.82) is 0 Å². The van der Waals surface area contributed by atoms with Gasteiger partial charge in [-0.15, -0.1) is 0 Å². The molecule has 26 heavy (non-hydrogen) atoms. The van der Waals surface area contributed by atoms with E-state index in [4.69, 9.17) is 9.84 Å². The van der Waals surface area contributed by atoms with Crippen LogP contribution in [0.3, 0.4) is 0 Å². The van der Waals surface area contributed by atoms with Crippen molar-refractivity contribution in [3.63, 3.8) is 0 Å². The third-order valence-electron chi connectivity index (χ3n) is 3.83. The molecule has 1 amide bonds. The zero-order valence-electron chi connectivity index (χ0n) is 13.3. The van der Waals surface area contributed by atoms with Crippen LogP contribution in [0.25, 0.3) is 0 Å². The molecule has 2 heterocycles. The van der Waals surface area contributed by atoms with Gasteiger partial charge in [-0.1, -0.05) is 0 Å². The Morgan fingerprint density at radius 3 is 2.46 bits per heavy atom. The van der Waals surface area contributed by atoms with Crippen molar-refractivity contribution in [3.05, 3.63) is 32.6 Å². The third kappa shape index (κ3) is 3.80. The lowest BCUT2D eigenvalue weighted by Gasteiger charge is -2.21. The largest absolute Gasteiger partial charge is 0.471 e. The molecule has 4 atom stereocenters. The van der Waals surface area contributed by atoms with Gasteiger partial charge in [-0.05, 0) is 0 Å². The molecule has 0 aliphatic carbocycles. The minimum Gasteiger partial charge on any atom is -0.394 e. The molecule has 1 aliphatic rings. The number of ether oxygens (including phenoxy) is 1. The highest BCUT2D eigenvalue weighted by Crippen LogP contribution is 2.28. The van der Waals surface area contributed by atoms with Crippen molar-refractivity contribution < 1.29 is 38.0 Å². The normalized spacial score (nSPS) is 26.1. The van der Waals surface area contributed by atoms with Gasteiger partial charge < -0.3 is 25.0 Å². The van der Waals surface area contributed by atoms with Gasteiger partial charge in [0.2, 0.25) is 0 Å². The molecule has 10 nitrogen and oxygen atoms in total. The molecule has 13 heteroatoms. The van der Waals surface area contributed by atoms with Gasteiger partial charge >= 0.3 is 17.8 Å². The summed E-state index contributed by atoms with van der Waals surface area (Å²) in [7, 11) is 0.817. The highest BCUT2D eigenvalue weighted by atomic mass is 19.4. The molecule has 1 saturated heterocycles. The molecule has 1 aromatic rings. The molecule has 146 valence electrons. The molecule has 2 rings (SSSR count). The summed E-state index contributed by atoms with van der Waals surface area (Å²) in [6, 6.07) is 0. The first-order valence-electron chi connectivity index (χ1n) is 7.26. The van der Waals surface area contributed by atoms with Gasteiger partial charge in [0, 0.05) is 13.2 Å². The summed E-state index contributed by atoms with van der Waals surface area (Å²) in [6.45, 7) is -1.44. The van der Waals surface area contributed by atoms with E-state index in [1.165, 1.54) is 0 Å². The summed E-state index contributed by atoms with van der Waals surface area (Å²) in [5.74, 6) is -2.19. The number of aromatic nitrogens is 2. The van der Waals surface area contributed by atoms with Crippen LogP contribution in [-0.4, -0.2) is 73.8 Å². The van der Waals surface area contributed by atoms with E-state index in [1.54, 1.807) is 0 Å². The highest BCUT2D eigenvalue weighted by Gasteiger charge is 2.44. The van der Waals surface area contributed by atoms with Crippen molar-refractivity contribution in [2.24, 2.45) is 0 Å². The van der Waals surface area contributed by atoms with Crippen LogP contribution in [-0.2, 0) is 16.1 Å². The molecule has 4 N–H and O–H groups in total. The summed E-state index contributed by atoms with van der Waals surface area (Å²) in [6.07, 6.45) is -10.2. The Bertz CT molecular complexity index is 790. The molecule has 2 unspecified atom stereocenters. The van der Waals surface area contributed by atoms with Crippen LogP contribution in [0.5, 0.6) is 0 Å². The fourth-order valence-corrected chi connectivity index (χ4v) is 2.48. The van der Waals surface area contributed by atoms with Crippen LogP contribution >= 0.6 is 0 Å². The number of hydrogen-bond acceptors (Lipinski definition) is 7. The molecular weight excluding hydrogens is 367 g/mol. The number of nitrogens with zero attached hydrogens (tertiary/aromatic N) is 2. The van der Waals surface area contributed by atoms with Crippen LogP contribution < -0.4 is 11.2 Å². The number of amides is 1. The van der Waals surface area contributed by atoms with Gasteiger partial charge in [-0.2, -0.15) is 13.2 Å². The number of carbonyl (C=O) groups is 1. The van der Waals surface area contributed by atoms with Gasteiger partial charge in [0.05, 0.1) is 18.7 Å². The van der Waals surface area contributed by atoms with E-state index in [2.05, 4.69) is 0 Å². The molecule has 0 radical (unpaired) electrons. The van der Waals surface area contributed by atoms with E-state index in [9.17, 15) is 37.8 Å². The summed E-state index contributed by atoms with van der Waals surface area (Å²) in [4.78, 5) is 36.9. The minimum atomic E-state index is -5.14. The lowest BCUT2D eigenvalue weighted by Crippen LogP contribution is -2.42. The average Bonchev–Trinajstić information content (AvgIpc) is 2.83. The lowest BCUT2D eigenvalue weighted by atomic mass is 10.1. The molecule has 1 aromatic heterocycles. The second-order valence-electron chi connectivity index (χ2n) is 5.71.